The van der Waals surface area contributed by atoms with Crippen molar-refractivity contribution in [1.82, 2.24) is 19.8 Å². The number of carbonyl (C=O) groups is 2. The first-order chi connectivity index (χ1) is 34.8. The van der Waals surface area contributed by atoms with Crippen LogP contribution in [0.5, 0.6) is 5.75 Å². The maximum absolute atomic E-state index is 14.9. The lowest BCUT2D eigenvalue weighted by Gasteiger charge is -2.37. The Bertz CT molecular complexity index is 3620. The average Bonchev–Trinajstić information content (AvgIpc) is 3.37. The zero-order valence-electron chi connectivity index (χ0n) is 40.4. The zero-order valence-corrected chi connectivity index (χ0v) is 41.2. The molecular weight excluding hydrogens is 962 g/mol. The Morgan fingerprint density at radius 3 is 2.36 bits per heavy atom. The first-order valence-electron chi connectivity index (χ1n) is 23.4. The molecule has 5 aromatic carbocycles. The second-order valence-electron chi connectivity index (χ2n) is 18.1. The van der Waals surface area contributed by atoms with Gasteiger partial charge in [0.05, 0.1) is 39.3 Å². The number of ether oxygens (including phenoxy) is 1. The number of nitrogens with zero attached hydrogens (tertiary/aromatic N) is 6. The second kappa shape index (κ2) is 20.2. The lowest BCUT2D eigenvalue weighted by atomic mass is 9.99. The number of nitrogens with two attached hydrogens (primary N) is 1. The molecule has 1 fully saturated rings. The number of amides is 2. The van der Waals surface area contributed by atoms with Gasteiger partial charge in [0.15, 0.2) is 0 Å². The van der Waals surface area contributed by atoms with Crippen molar-refractivity contribution >= 4 is 77.5 Å². The van der Waals surface area contributed by atoms with Crippen LogP contribution in [0.4, 0.5) is 40.7 Å². The van der Waals surface area contributed by atoms with Crippen molar-refractivity contribution in [2.45, 2.75) is 25.9 Å². The van der Waals surface area contributed by atoms with E-state index in [0.29, 0.717) is 58.3 Å². The van der Waals surface area contributed by atoms with E-state index >= 15 is 0 Å². The van der Waals surface area contributed by atoms with Crippen molar-refractivity contribution in [1.29, 1.82) is 0 Å². The van der Waals surface area contributed by atoms with Crippen LogP contribution in [0.25, 0.3) is 43.9 Å². The molecule has 8 aromatic rings. The SMILES string of the molecule is Cc1c(Cc2cccc(N(C)S(=O)(=O)CCCN3CCN(c4ccc(Nc5c(C(N)=O)cnc6ccc(-c7cnc8ccccc8c7)cc56)cc4C(F)(F)F)CC3)c2)c(=O)oc2cc(OC(=O)N(C)C)ccc12. The molecule has 376 valence electrons. The predicted octanol–water partition coefficient (Wildman–Crippen LogP) is 9.36. The Hall–Kier alpha value is -8.03. The van der Waals surface area contributed by atoms with E-state index in [1.54, 1.807) is 80.6 Å². The van der Waals surface area contributed by atoms with Gasteiger partial charge in [-0.05, 0) is 103 Å². The van der Waals surface area contributed by atoms with Crippen LogP contribution < -0.4 is 30.6 Å². The molecule has 15 nitrogen and oxygen atoms in total. The summed E-state index contributed by atoms with van der Waals surface area (Å²) in [5.41, 5.74) is 9.98. The van der Waals surface area contributed by atoms with Crippen molar-refractivity contribution in [2.24, 2.45) is 5.73 Å². The van der Waals surface area contributed by atoms with Gasteiger partial charge in [-0.15, -0.1) is 0 Å². The van der Waals surface area contributed by atoms with Gasteiger partial charge in [-0.25, -0.2) is 18.0 Å². The highest BCUT2D eigenvalue weighted by Gasteiger charge is 2.36. The molecule has 3 aromatic heterocycles. The Morgan fingerprint density at radius 1 is 0.836 bits per heavy atom. The maximum atomic E-state index is 14.9. The monoisotopic (exact) mass is 1010 g/mol. The predicted molar refractivity (Wildman–Crippen MR) is 277 cm³/mol. The highest BCUT2D eigenvalue weighted by Crippen LogP contribution is 2.41. The number of aryl methyl sites for hydroxylation is 1. The number of nitrogens with one attached hydrogen (secondary N) is 1. The van der Waals surface area contributed by atoms with Gasteiger partial charge >= 0.3 is 17.9 Å². The highest BCUT2D eigenvalue weighted by atomic mass is 32.2. The van der Waals surface area contributed by atoms with E-state index in [9.17, 15) is 36.0 Å². The molecule has 0 unspecified atom stereocenters. The minimum absolute atomic E-state index is 0.000159. The summed E-state index contributed by atoms with van der Waals surface area (Å²) in [4.78, 5) is 51.9. The molecular formula is C54H51F3N8O7S. The van der Waals surface area contributed by atoms with Crippen LogP contribution in [-0.2, 0) is 22.6 Å². The van der Waals surface area contributed by atoms with Gasteiger partial charge in [-0.3, -0.25) is 24.0 Å². The summed E-state index contributed by atoms with van der Waals surface area (Å²) in [6, 6.07) is 30.8. The minimum atomic E-state index is -4.73. The number of fused-ring (bicyclic) bond motifs is 3. The molecule has 4 heterocycles. The summed E-state index contributed by atoms with van der Waals surface area (Å²) in [5, 5.41) is 5.14. The van der Waals surface area contributed by atoms with Crippen molar-refractivity contribution in [3.8, 4) is 16.9 Å². The van der Waals surface area contributed by atoms with Crippen molar-refractivity contribution < 1.29 is 40.3 Å². The molecule has 0 radical (unpaired) electrons. The zero-order chi connectivity index (χ0) is 51.8. The lowest BCUT2D eigenvalue weighted by molar-refractivity contribution is -0.137. The van der Waals surface area contributed by atoms with Crippen LogP contribution in [0.15, 0.2) is 131 Å². The third-order valence-electron chi connectivity index (χ3n) is 13.1. The normalized spacial score (nSPS) is 13.4. The van der Waals surface area contributed by atoms with Gasteiger partial charge in [0, 0.05) is 111 Å². The van der Waals surface area contributed by atoms with Gasteiger partial charge < -0.3 is 30.0 Å². The van der Waals surface area contributed by atoms with E-state index in [-0.39, 0.29) is 65.6 Å². The Kier molecular flexibility index (Phi) is 13.8. The maximum Gasteiger partial charge on any atom is 0.418 e. The molecule has 3 N–H and O–H groups in total. The molecule has 1 aliphatic rings. The number of pyridine rings is 2. The quantitative estimate of drug-likeness (QED) is 0.0986. The highest BCUT2D eigenvalue weighted by molar-refractivity contribution is 7.92. The minimum Gasteiger partial charge on any atom is -0.422 e. The molecule has 9 rings (SSSR count). The number of piperazine rings is 1. The second-order valence-corrected chi connectivity index (χ2v) is 20.3. The molecule has 1 saturated heterocycles. The summed E-state index contributed by atoms with van der Waals surface area (Å²) >= 11 is 0. The molecule has 73 heavy (non-hydrogen) atoms. The van der Waals surface area contributed by atoms with Gasteiger partial charge in [0.2, 0.25) is 10.0 Å². The first kappa shape index (κ1) is 49.9. The van der Waals surface area contributed by atoms with Gasteiger partial charge in [-0.1, -0.05) is 36.4 Å². The number of anilines is 4. The standard InChI is InChI=1S/C54H51F3N8O7S/c1-33-41-16-15-40(71-53(68)62(2)3)30-49(41)72-52(67)42(33)26-34-9-7-11-39(25-34)63(4)73(69,70)24-8-19-64-20-22-65(23-21-64)48-18-14-38(29-45(48)54(55,56)57)61-50-43-28-35(13-17-47(43)60-32-44(50)51(58)66)37-27-36-10-5-6-12-46(36)59-31-37/h5-7,9-18,25,27-32H,8,19-24,26H2,1-4H3,(H2,58,66)(H,60,61). The fourth-order valence-electron chi connectivity index (χ4n) is 9.06. The van der Waals surface area contributed by atoms with Gasteiger partial charge in [0.1, 0.15) is 11.3 Å². The number of carbonyl (C=O) groups excluding carboxylic acids is 2. The van der Waals surface area contributed by atoms with Crippen LogP contribution in [0.1, 0.15) is 39.0 Å². The summed E-state index contributed by atoms with van der Waals surface area (Å²) in [6.45, 7) is 3.56. The lowest BCUT2D eigenvalue weighted by Crippen LogP contribution is -2.47. The first-order valence-corrected chi connectivity index (χ1v) is 25.0. The molecule has 1 aliphatic heterocycles. The molecule has 0 saturated carbocycles. The summed E-state index contributed by atoms with van der Waals surface area (Å²) in [5.74, 6) is -0.753. The number of alkyl halides is 3. The number of sulfonamides is 1. The van der Waals surface area contributed by atoms with Crippen molar-refractivity contribution in [2.75, 3.05) is 74.1 Å². The number of hydrogen-bond acceptors (Lipinski definition) is 12. The van der Waals surface area contributed by atoms with Crippen molar-refractivity contribution in [3.05, 3.63) is 160 Å². The van der Waals surface area contributed by atoms with Gasteiger partial charge in [-0.2, -0.15) is 13.2 Å². The number of rotatable bonds is 14. The van der Waals surface area contributed by atoms with Crippen LogP contribution in [0.2, 0.25) is 0 Å². The molecule has 0 aliphatic carbocycles. The Morgan fingerprint density at radius 2 is 1.60 bits per heavy atom. The van der Waals surface area contributed by atoms with Crippen LogP contribution in [0, 0.1) is 6.92 Å². The third-order valence-corrected chi connectivity index (χ3v) is 15.0. The molecule has 19 heteroatoms. The summed E-state index contributed by atoms with van der Waals surface area (Å²) in [7, 11) is 0.780. The van der Waals surface area contributed by atoms with E-state index in [4.69, 9.17) is 14.9 Å². The molecule has 2 amide bonds. The van der Waals surface area contributed by atoms with E-state index < -0.39 is 39.4 Å². The number of halogens is 3. The van der Waals surface area contributed by atoms with E-state index in [1.165, 1.54) is 40.6 Å². The topological polar surface area (TPSA) is 185 Å². The van der Waals surface area contributed by atoms with Crippen LogP contribution in [0.3, 0.4) is 0 Å². The van der Waals surface area contributed by atoms with Crippen LogP contribution in [-0.4, -0.2) is 99.8 Å². The van der Waals surface area contributed by atoms with Gasteiger partial charge in [0.25, 0.3) is 5.91 Å². The number of aromatic nitrogens is 2. The number of para-hydroxylation sites is 1. The largest absolute Gasteiger partial charge is 0.422 e. The van der Waals surface area contributed by atoms with E-state index in [1.807, 2.05) is 41.3 Å². The van der Waals surface area contributed by atoms with Crippen LogP contribution >= 0.6 is 0 Å². The number of primary amides is 1. The molecule has 0 spiro atoms. The van der Waals surface area contributed by atoms with Crippen molar-refractivity contribution in [3.63, 3.8) is 0 Å². The molecule has 0 atom stereocenters. The summed E-state index contributed by atoms with van der Waals surface area (Å²) < 4.78 is 84.1. The fraction of sp³-hybridized carbons (Fsp3) is 0.241. The number of hydrogen-bond donors (Lipinski definition) is 2. The average molecular weight is 1010 g/mol. The molecule has 0 bridgehead atoms. The Balaban J connectivity index is 0.836. The summed E-state index contributed by atoms with van der Waals surface area (Å²) in [6.07, 6.45) is -1.81. The smallest absolute Gasteiger partial charge is 0.418 e. The van der Waals surface area contributed by atoms with E-state index in [0.717, 1.165) is 28.1 Å². The Labute approximate surface area is 418 Å². The number of benzene rings is 5. The fourth-order valence-corrected chi connectivity index (χ4v) is 10.3. The third kappa shape index (κ3) is 10.8. The van der Waals surface area contributed by atoms with E-state index in [2.05, 4.69) is 15.3 Å².